The highest BCUT2D eigenvalue weighted by Crippen LogP contribution is 2.59. The van der Waals surface area contributed by atoms with Gasteiger partial charge in [-0.3, -0.25) is 31.9 Å². The van der Waals surface area contributed by atoms with E-state index in [4.69, 9.17) is 34.3 Å². The molecule has 15 aromatic rings. The molecule has 20 rings (SSSR count). The van der Waals surface area contributed by atoms with Crippen LogP contribution in [-0.2, 0) is 28.0 Å². The number of para-hydroxylation sites is 6. The van der Waals surface area contributed by atoms with E-state index in [0.717, 1.165) is 94.6 Å². The second-order valence-electron chi connectivity index (χ2n) is 40.2. The Bertz CT molecular complexity index is 7280. The normalized spacial score (nSPS) is 19.4. The lowest BCUT2D eigenvalue weighted by atomic mass is 10.0. The maximum atomic E-state index is 13.9. The van der Waals surface area contributed by atoms with Crippen LogP contribution in [0.15, 0.2) is 364 Å². The molecule has 0 bridgehead atoms. The van der Waals surface area contributed by atoms with E-state index in [1.54, 1.807) is 46.5 Å². The van der Waals surface area contributed by atoms with E-state index in [9.17, 15) is 23.5 Å². The van der Waals surface area contributed by atoms with E-state index < -0.39 is 47.4 Å². The first-order valence-corrected chi connectivity index (χ1v) is 61.7. The molecule has 25 heteroatoms. The number of amides is 3. The van der Waals surface area contributed by atoms with Crippen LogP contribution in [0.2, 0.25) is 42.8 Å². The molecular weight excluding hydrogens is 1890 g/mol. The van der Waals surface area contributed by atoms with Crippen molar-refractivity contribution < 1.29 is 28.0 Å². The number of hydrogen-bond donors (Lipinski definition) is 0. The van der Waals surface area contributed by atoms with Gasteiger partial charge in [-0.2, -0.15) is 0 Å². The van der Waals surface area contributed by atoms with Crippen LogP contribution in [0.4, 0.5) is 62.6 Å². The smallest absolute Gasteiger partial charge is 0.336 e. The number of halogens is 2. The van der Waals surface area contributed by atoms with Gasteiger partial charge in [-0.15, -0.1) is 4.48 Å². The summed E-state index contributed by atoms with van der Waals surface area (Å²) in [6.07, 6.45) is 0. The van der Waals surface area contributed by atoms with Crippen LogP contribution in [0.25, 0.3) is 26.7 Å². The summed E-state index contributed by atoms with van der Waals surface area (Å²) in [7, 11) is 3.54. The molecule has 5 aliphatic rings. The van der Waals surface area contributed by atoms with E-state index in [1.165, 1.54) is 70.0 Å². The number of fused-ring (bicyclic) bond motifs is 6. The van der Waals surface area contributed by atoms with Crippen LogP contribution >= 0.6 is 46.1 Å². The Labute approximate surface area is 847 Å². The van der Waals surface area contributed by atoms with Gasteiger partial charge in [0.1, 0.15) is 21.7 Å². The molecule has 0 saturated heterocycles. The zero-order chi connectivity index (χ0) is 101. The first-order chi connectivity index (χ1) is 67.1. The number of benzene rings is 15. The highest BCUT2D eigenvalue weighted by molar-refractivity contribution is 7.75. The zero-order valence-electron chi connectivity index (χ0n) is 84.1. The van der Waals surface area contributed by atoms with Gasteiger partial charge >= 0.3 is 25.2 Å². The second-order valence-corrected chi connectivity index (χ2v) is 60.6. The van der Waals surface area contributed by atoms with Gasteiger partial charge in [-0.25, -0.2) is 28.4 Å². The molecule has 15 aromatic carbocycles. The minimum atomic E-state index is -3.32. The summed E-state index contributed by atoms with van der Waals surface area (Å²) in [5.74, 6) is -0.344. The van der Waals surface area contributed by atoms with E-state index in [-0.39, 0.29) is 40.0 Å². The predicted molar refractivity (Wildman–Crippen MR) is 610 cm³/mol. The lowest BCUT2D eigenvalue weighted by Gasteiger charge is -2.51. The van der Waals surface area contributed by atoms with Crippen LogP contribution in [0, 0.1) is 20.4 Å². The van der Waals surface area contributed by atoms with Crippen molar-refractivity contribution >= 4 is 209 Å². The van der Waals surface area contributed by atoms with Crippen molar-refractivity contribution in [1.82, 2.24) is 22.4 Å². The van der Waals surface area contributed by atoms with Gasteiger partial charge in [0.15, 0.2) is 80.6 Å². The molecule has 4 atom stereocenters. The predicted octanol–water partition coefficient (Wildman–Crippen LogP) is 23.0. The molecule has 718 valence electrons. The number of rotatable bonds is 11. The maximum absolute atomic E-state index is 13.9. The molecule has 0 saturated carbocycles. The zero-order valence-corrected chi connectivity index (χ0v) is 91.3. The number of carbonyl (C=O) groups is 3. The van der Waals surface area contributed by atoms with Gasteiger partial charge < -0.3 is 13.7 Å². The minimum absolute atomic E-state index is 0.00668. The molecule has 0 radical (unpaired) electrons. The van der Waals surface area contributed by atoms with E-state index in [0.29, 0.717) is 26.5 Å². The molecule has 3 unspecified atom stereocenters. The molecule has 0 spiro atoms. The Morgan fingerprint density at radius 1 is 0.433 bits per heavy atom. The van der Waals surface area contributed by atoms with Gasteiger partial charge in [0.2, 0.25) is 7.29 Å². The van der Waals surface area contributed by atoms with Crippen molar-refractivity contribution in [2.45, 2.75) is 67.4 Å². The summed E-state index contributed by atoms with van der Waals surface area (Å²) in [4.78, 5) is 42.8. The molecule has 5 aliphatic heterocycles. The summed E-state index contributed by atoms with van der Waals surface area (Å²) < 4.78 is 46.3. The number of quaternary nitrogens is 5. The summed E-state index contributed by atoms with van der Waals surface area (Å²) in [6, 6.07) is 126. The van der Waals surface area contributed by atoms with Crippen LogP contribution in [0.1, 0.15) is 31.9 Å². The fraction of sp³-hybridized carbons (Fsp3) is 0.207. The largest absolute Gasteiger partial charge is 0.349 e. The second kappa shape index (κ2) is 40.4. The monoisotopic (exact) mass is 2020 g/mol. The Balaban J connectivity index is 0.000000128. The minimum Gasteiger partial charge on any atom is -0.349 e. The third-order valence-electron chi connectivity index (χ3n) is 29.0. The van der Waals surface area contributed by atoms with Crippen LogP contribution in [0.5, 0.6) is 0 Å². The van der Waals surface area contributed by atoms with Crippen molar-refractivity contribution in [2.75, 3.05) is 120 Å². The topological polar surface area (TPSA) is 115 Å². The average Bonchev–Trinajstić information content (AvgIpc) is 0.723. The lowest BCUT2D eigenvalue weighted by molar-refractivity contribution is -0.141. The number of hydrogen-bond acceptors (Lipinski definition) is 9. The Hall–Kier alpha value is -12.1. The molecule has 0 fully saturated rings. The van der Waals surface area contributed by atoms with Crippen molar-refractivity contribution in [1.29, 1.82) is 0 Å². The molecular formula is C116H127Cl2N11O6P3Si3+5. The molecule has 0 aliphatic carbocycles. The molecule has 3 amide bonds. The molecule has 141 heavy (non-hydrogen) atoms. The van der Waals surface area contributed by atoms with E-state index in [1.807, 2.05) is 165 Å². The summed E-state index contributed by atoms with van der Waals surface area (Å²) >= 11 is 12.6. The standard InChI is InChI=1S/C30H35N2Si2.C27H24N2O2P.C24H26N3Si.C19H24N2O3P.C16H18Cl2N2OP/c1-32(2)24-31(25-16-9-6-10-17-25)33(3,4)28-22-15-23-29(30(28)32)34(5,26-18-11-7-12-19-26)27-20-13-8-14-21-27;1-20(30)29(21(2)31)19-28(24-13-5-3-6-14-24)32(25-15-7-4-8-16-25)27-18-23-12-10-9-11-22(23)17-26(27)29;1-25-20-16-22(19-12-8-6-9-13-19)24-23(17-20)28(4,5)26(18-27(24,2)3)21-14-10-7-11-15-21;1-14-11-18-19(12-15(14)2)25(23,24-5)20(13-21(18,4)16(3)22)17-9-7-6-8-10-17;1-20(2)11-19(13-7-5-4-6-8-13)22(3,21)15-10-12(17)9-14(18)16(15)20/h6-23H,24H2,1-5H3;3-18H,19H2,1-2H3;6-17H,18H2,2-5H3;6-12H,13H2,1-5H3;4-10H,11H2,1-3H3/q5*+1/t;;;21-,25?;/m...0./s1. The van der Waals surface area contributed by atoms with Crippen molar-refractivity contribution in [3.8, 4) is 11.1 Å². The molecule has 17 nitrogen and oxygen atoms in total. The average molecular weight is 2020 g/mol. The Morgan fingerprint density at radius 2 is 0.865 bits per heavy atom. The number of aryl methyl sites for hydroxylation is 2. The lowest BCUT2D eigenvalue weighted by Crippen LogP contribution is -2.75. The SMILES string of the molecule is CC(=O)[N+]1(C(C)=O)CN(c2ccccc2)P(c2ccccc2)c2cc3ccccc3cc21.COP1(=O)c2cc(C)c(C)cc2[N@+](C)(C(C)=O)CN1c1ccccc1.C[N+]1(C)CN(c2ccccc2)P(C)(=O)c2cc(Cl)cc(Cl)c21.C[N+]1(C)CN(c2ccccc2)[Si](C)(C)c2cccc([Si](C)(c3ccccc3)c3ccccc3)c21.[C-]#[N+]c1cc(-c2ccccc2)c2c(c1)[Si](C)(C)N(c1ccccc1)C[N+]2(C)C. The number of carbonyl (C=O) groups excluding carboxylic acids is 3. The number of imide groups is 1. The summed E-state index contributed by atoms with van der Waals surface area (Å²) in [5.41, 5.74) is 15.9. The molecule has 0 aromatic heterocycles. The van der Waals surface area contributed by atoms with Crippen molar-refractivity contribution in [2.24, 2.45) is 0 Å². The van der Waals surface area contributed by atoms with Crippen LogP contribution in [-0.4, -0.2) is 139 Å². The number of nitrogens with zero attached hydrogens (tertiary/aromatic N) is 11. The highest BCUT2D eigenvalue weighted by atomic mass is 35.5. The molecule has 5 heterocycles. The third kappa shape index (κ3) is 19.2. The summed E-state index contributed by atoms with van der Waals surface area (Å²) in [5, 5.41) is 14.2. The molecule has 0 N–H and O–H groups in total. The van der Waals surface area contributed by atoms with Gasteiger partial charge in [0, 0.05) is 80.1 Å². The van der Waals surface area contributed by atoms with Gasteiger partial charge in [-0.1, -0.05) is 285 Å². The van der Waals surface area contributed by atoms with Gasteiger partial charge in [0.05, 0.1) is 101 Å². The fourth-order valence-electron chi connectivity index (χ4n) is 21.1. The first kappa shape index (κ1) is 102. The quantitative estimate of drug-likeness (QED) is 0.0405. The highest BCUT2D eigenvalue weighted by Gasteiger charge is 2.56. The van der Waals surface area contributed by atoms with E-state index in [2.05, 4.69) is 306 Å². The summed E-state index contributed by atoms with van der Waals surface area (Å²) in [6.45, 7) is 33.5. The van der Waals surface area contributed by atoms with Crippen molar-refractivity contribution in [3.63, 3.8) is 0 Å². The third-order valence-corrected chi connectivity index (χ3v) is 48.3. The van der Waals surface area contributed by atoms with Crippen LogP contribution < -0.4 is 92.7 Å². The Kier molecular flexibility index (Phi) is 29.2. The van der Waals surface area contributed by atoms with Gasteiger partial charge in [-0.05, 0) is 175 Å². The fourth-order valence-corrected chi connectivity index (χ4v) is 40.4. The number of anilines is 5. The maximum Gasteiger partial charge on any atom is 0.336 e. The van der Waals surface area contributed by atoms with Crippen LogP contribution in [0.3, 0.4) is 0 Å². The Morgan fingerprint density at radius 3 is 1.35 bits per heavy atom. The van der Waals surface area contributed by atoms with Gasteiger partial charge in [0.25, 0.3) is 0 Å². The first-order valence-electron chi connectivity index (χ1n) is 47.6. The van der Waals surface area contributed by atoms with Crippen molar-refractivity contribution in [3.05, 3.63) is 397 Å². The van der Waals surface area contributed by atoms with E-state index >= 15 is 0 Å².